The summed E-state index contributed by atoms with van der Waals surface area (Å²) in [5.74, 6) is 0.977. The number of carbonyl (C=O) groups is 1. The number of carbonyl (C=O) groups excluding carboxylic acids is 1. The number of aromatic nitrogens is 2. The SMILES string of the molecule is CC(=O)NC1CCN(Cc2nc3ccc(N)cc3[nH]2)C1. The van der Waals surface area contributed by atoms with Crippen LogP contribution in [0.1, 0.15) is 19.2 Å². The molecule has 1 fully saturated rings. The lowest BCUT2D eigenvalue weighted by molar-refractivity contribution is -0.119. The first kappa shape index (κ1) is 12.9. The highest BCUT2D eigenvalue weighted by atomic mass is 16.1. The number of likely N-dealkylation sites (tertiary alicyclic amines) is 1. The van der Waals surface area contributed by atoms with Crippen molar-refractivity contribution in [3.63, 3.8) is 0 Å². The maximum absolute atomic E-state index is 11.1. The van der Waals surface area contributed by atoms with E-state index >= 15 is 0 Å². The molecule has 1 saturated heterocycles. The Balaban J connectivity index is 1.66. The fourth-order valence-electron chi connectivity index (χ4n) is 2.75. The van der Waals surface area contributed by atoms with Gasteiger partial charge in [-0.15, -0.1) is 0 Å². The first-order valence-electron chi connectivity index (χ1n) is 6.84. The molecule has 6 nitrogen and oxygen atoms in total. The van der Waals surface area contributed by atoms with Crippen molar-refractivity contribution < 1.29 is 4.79 Å². The normalized spacial score (nSPS) is 19.6. The Kier molecular flexibility index (Phi) is 3.31. The van der Waals surface area contributed by atoms with Gasteiger partial charge in [0.2, 0.25) is 5.91 Å². The van der Waals surface area contributed by atoms with Gasteiger partial charge in [0.15, 0.2) is 0 Å². The number of nitrogens with one attached hydrogen (secondary N) is 2. The van der Waals surface area contributed by atoms with E-state index in [1.807, 2.05) is 18.2 Å². The average molecular weight is 273 g/mol. The summed E-state index contributed by atoms with van der Waals surface area (Å²) >= 11 is 0. The van der Waals surface area contributed by atoms with Crippen LogP contribution in [-0.4, -0.2) is 39.9 Å². The average Bonchev–Trinajstić information content (AvgIpc) is 2.95. The summed E-state index contributed by atoms with van der Waals surface area (Å²) in [5.41, 5.74) is 8.41. The molecule has 2 heterocycles. The lowest BCUT2D eigenvalue weighted by Gasteiger charge is -2.14. The van der Waals surface area contributed by atoms with Crippen molar-refractivity contribution in [3.05, 3.63) is 24.0 Å². The third kappa shape index (κ3) is 2.75. The number of nitrogens with two attached hydrogens (primary N) is 1. The summed E-state index contributed by atoms with van der Waals surface area (Å²) in [5, 5.41) is 2.96. The van der Waals surface area contributed by atoms with Crippen LogP contribution in [0.25, 0.3) is 11.0 Å². The number of nitrogen functional groups attached to an aromatic ring is 1. The van der Waals surface area contributed by atoms with E-state index in [9.17, 15) is 4.79 Å². The lowest BCUT2D eigenvalue weighted by Crippen LogP contribution is -2.35. The third-order valence-corrected chi connectivity index (χ3v) is 3.61. The fraction of sp³-hybridized carbons (Fsp3) is 0.429. The van der Waals surface area contributed by atoms with E-state index in [1.165, 1.54) is 0 Å². The van der Waals surface area contributed by atoms with Crippen LogP contribution in [0, 0.1) is 0 Å². The Morgan fingerprint density at radius 1 is 1.60 bits per heavy atom. The number of hydrogen-bond acceptors (Lipinski definition) is 4. The molecule has 1 aliphatic rings. The Morgan fingerprint density at radius 2 is 2.45 bits per heavy atom. The third-order valence-electron chi connectivity index (χ3n) is 3.61. The summed E-state index contributed by atoms with van der Waals surface area (Å²) in [7, 11) is 0. The van der Waals surface area contributed by atoms with Gasteiger partial charge in [-0.1, -0.05) is 0 Å². The zero-order valence-corrected chi connectivity index (χ0v) is 11.5. The van der Waals surface area contributed by atoms with E-state index in [-0.39, 0.29) is 11.9 Å². The molecule has 4 N–H and O–H groups in total. The highest BCUT2D eigenvalue weighted by Gasteiger charge is 2.23. The van der Waals surface area contributed by atoms with Crippen molar-refractivity contribution in [2.45, 2.75) is 25.9 Å². The number of amides is 1. The van der Waals surface area contributed by atoms with Gasteiger partial charge < -0.3 is 16.0 Å². The molecule has 0 spiro atoms. The van der Waals surface area contributed by atoms with Crippen LogP contribution >= 0.6 is 0 Å². The molecule has 1 unspecified atom stereocenters. The molecule has 6 heteroatoms. The zero-order chi connectivity index (χ0) is 14.1. The van der Waals surface area contributed by atoms with Crippen molar-refractivity contribution in [2.75, 3.05) is 18.8 Å². The van der Waals surface area contributed by atoms with Crippen LogP contribution in [0.4, 0.5) is 5.69 Å². The molecule has 0 radical (unpaired) electrons. The van der Waals surface area contributed by atoms with Crippen molar-refractivity contribution in [3.8, 4) is 0 Å². The minimum absolute atomic E-state index is 0.0380. The van der Waals surface area contributed by atoms with Crippen molar-refractivity contribution in [1.29, 1.82) is 0 Å². The number of imidazole rings is 1. The summed E-state index contributed by atoms with van der Waals surface area (Å²) in [6.07, 6.45) is 0.993. The van der Waals surface area contributed by atoms with Crippen molar-refractivity contribution in [2.24, 2.45) is 0 Å². The van der Waals surface area contributed by atoms with Crippen molar-refractivity contribution >= 4 is 22.6 Å². The van der Waals surface area contributed by atoms with Gasteiger partial charge in [0, 0.05) is 31.7 Å². The van der Waals surface area contributed by atoms with Crippen LogP contribution in [-0.2, 0) is 11.3 Å². The summed E-state index contributed by atoms with van der Waals surface area (Å²) < 4.78 is 0. The van der Waals surface area contributed by atoms with Gasteiger partial charge >= 0.3 is 0 Å². The topological polar surface area (TPSA) is 87.0 Å². The summed E-state index contributed by atoms with van der Waals surface area (Å²) in [6.45, 7) is 4.18. The number of hydrogen-bond donors (Lipinski definition) is 3. The molecule has 1 aliphatic heterocycles. The Hall–Kier alpha value is -2.08. The van der Waals surface area contributed by atoms with Crippen LogP contribution in [0.15, 0.2) is 18.2 Å². The van der Waals surface area contributed by atoms with Gasteiger partial charge in [-0.3, -0.25) is 9.69 Å². The van der Waals surface area contributed by atoms with Crippen LogP contribution in [0.3, 0.4) is 0 Å². The van der Waals surface area contributed by atoms with E-state index in [0.717, 1.165) is 48.6 Å². The summed E-state index contributed by atoms with van der Waals surface area (Å²) in [4.78, 5) is 21.2. The molecule has 1 aromatic carbocycles. The Morgan fingerprint density at radius 3 is 3.25 bits per heavy atom. The largest absolute Gasteiger partial charge is 0.399 e. The molecule has 0 saturated carbocycles. The number of H-pyrrole nitrogens is 1. The second kappa shape index (κ2) is 5.13. The van der Waals surface area contributed by atoms with Crippen molar-refractivity contribution in [1.82, 2.24) is 20.2 Å². The predicted octanol–water partition coefficient (Wildman–Crippen LogP) is 0.855. The van der Waals surface area contributed by atoms with Gasteiger partial charge in [-0.05, 0) is 24.6 Å². The number of benzene rings is 1. The molecule has 3 rings (SSSR count). The molecule has 0 aliphatic carbocycles. The second-order valence-corrected chi connectivity index (χ2v) is 5.38. The van der Waals surface area contributed by atoms with Gasteiger partial charge in [0.25, 0.3) is 0 Å². The quantitative estimate of drug-likeness (QED) is 0.724. The standard InChI is InChI=1S/C14H19N5O/c1-9(20)16-11-4-5-19(7-11)8-14-17-12-3-2-10(15)6-13(12)18-14/h2-3,6,11H,4-5,7-8,15H2,1H3,(H,16,20)(H,17,18). The number of nitrogens with zero attached hydrogens (tertiary/aromatic N) is 2. The highest BCUT2D eigenvalue weighted by molar-refractivity contribution is 5.78. The van der Waals surface area contributed by atoms with E-state index in [2.05, 4.69) is 20.2 Å². The molecule has 1 aromatic heterocycles. The van der Waals surface area contributed by atoms with Gasteiger partial charge in [-0.2, -0.15) is 0 Å². The molecule has 20 heavy (non-hydrogen) atoms. The number of fused-ring (bicyclic) bond motifs is 1. The lowest BCUT2D eigenvalue weighted by atomic mass is 10.3. The molecule has 106 valence electrons. The molecular formula is C14H19N5O. The van der Waals surface area contributed by atoms with Gasteiger partial charge in [0.05, 0.1) is 17.6 Å². The van der Waals surface area contributed by atoms with Crippen LogP contribution in [0.5, 0.6) is 0 Å². The van der Waals surface area contributed by atoms with Crippen LogP contribution in [0.2, 0.25) is 0 Å². The van der Waals surface area contributed by atoms with E-state index in [1.54, 1.807) is 6.92 Å². The minimum atomic E-state index is 0.0380. The maximum atomic E-state index is 11.1. The predicted molar refractivity (Wildman–Crippen MR) is 78.0 cm³/mol. The van der Waals surface area contributed by atoms with Gasteiger partial charge in [0.1, 0.15) is 5.82 Å². The van der Waals surface area contributed by atoms with E-state index < -0.39 is 0 Å². The first-order chi connectivity index (χ1) is 9.60. The Bertz CT molecular complexity index is 636. The number of anilines is 1. The summed E-state index contributed by atoms with van der Waals surface area (Å²) in [6, 6.07) is 5.94. The minimum Gasteiger partial charge on any atom is -0.399 e. The fourth-order valence-corrected chi connectivity index (χ4v) is 2.75. The Labute approximate surface area is 117 Å². The molecular weight excluding hydrogens is 254 g/mol. The second-order valence-electron chi connectivity index (χ2n) is 5.38. The molecule has 1 atom stereocenters. The molecule has 1 amide bonds. The highest BCUT2D eigenvalue weighted by Crippen LogP contribution is 2.17. The van der Waals surface area contributed by atoms with Crippen LogP contribution < -0.4 is 11.1 Å². The zero-order valence-electron chi connectivity index (χ0n) is 11.5. The molecule has 0 bridgehead atoms. The number of aromatic amines is 1. The van der Waals surface area contributed by atoms with E-state index in [4.69, 9.17) is 5.73 Å². The van der Waals surface area contributed by atoms with Gasteiger partial charge in [-0.25, -0.2) is 4.98 Å². The number of rotatable bonds is 3. The monoisotopic (exact) mass is 273 g/mol. The molecule has 2 aromatic rings. The maximum Gasteiger partial charge on any atom is 0.217 e. The smallest absolute Gasteiger partial charge is 0.217 e. The first-order valence-corrected chi connectivity index (χ1v) is 6.84. The van der Waals surface area contributed by atoms with E-state index in [0.29, 0.717) is 0 Å².